The van der Waals surface area contributed by atoms with Crippen LogP contribution in [-0.4, -0.2) is 24.3 Å². The second-order valence-electron chi connectivity index (χ2n) is 1.75. The first kappa shape index (κ1) is 5.10. The highest BCUT2D eigenvalue weighted by Gasteiger charge is 2.25. The van der Waals surface area contributed by atoms with Crippen molar-refractivity contribution in [3.8, 4) is 6.07 Å². The molecule has 0 N–H and O–H groups in total. The van der Waals surface area contributed by atoms with E-state index in [2.05, 4.69) is 11.2 Å². The average Bonchev–Trinajstić information content (AvgIpc) is 2.14. The predicted octanol–water partition coefficient (Wildman–Crippen LogP) is -0.464. The molecule has 0 aromatic heterocycles. The lowest BCUT2D eigenvalue weighted by Gasteiger charge is -1.96. The highest BCUT2D eigenvalue weighted by molar-refractivity contribution is 5.59. The molecule has 3 nitrogen and oxygen atoms in total. The molecule has 1 aliphatic heterocycles. The van der Waals surface area contributed by atoms with E-state index < -0.39 is 0 Å². The van der Waals surface area contributed by atoms with Gasteiger partial charge in [-0.15, -0.1) is 5.01 Å². The van der Waals surface area contributed by atoms with E-state index in [1.54, 1.807) is 18.3 Å². The Labute approximate surface area is 48.2 Å². The Morgan fingerprint density at radius 3 is 3.00 bits per heavy atom. The molecule has 0 amide bonds. The van der Waals surface area contributed by atoms with E-state index in [-0.39, 0.29) is 6.04 Å². The number of hydrazone groups is 1. The molecule has 0 bridgehead atoms. The van der Waals surface area contributed by atoms with E-state index in [9.17, 15) is 0 Å². The highest BCUT2D eigenvalue weighted by atomic mass is 15.5. The van der Waals surface area contributed by atoms with Crippen molar-refractivity contribution in [3.05, 3.63) is 0 Å². The van der Waals surface area contributed by atoms with Gasteiger partial charge in [-0.25, -0.2) is 0 Å². The lowest BCUT2D eigenvalue weighted by Crippen LogP contribution is -2.25. The van der Waals surface area contributed by atoms with Gasteiger partial charge in [0.25, 0.3) is 6.21 Å². The molecular formula is C5H7N3+. The van der Waals surface area contributed by atoms with Gasteiger partial charge in [-0.1, -0.05) is 0 Å². The van der Waals surface area contributed by atoms with Crippen LogP contribution in [0.1, 0.15) is 6.42 Å². The fourth-order valence-electron chi connectivity index (χ4n) is 0.645. The zero-order chi connectivity index (χ0) is 5.98. The first-order chi connectivity index (χ1) is 3.84. The minimum atomic E-state index is -0.0185. The van der Waals surface area contributed by atoms with Crippen LogP contribution < -0.4 is 5.10 Å². The molecular weight excluding hydrogens is 102 g/mol. The molecule has 1 aliphatic rings. The summed E-state index contributed by atoms with van der Waals surface area (Å²) in [5, 5.41) is 13.9. The summed E-state index contributed by atoms with van der Waals surface area (Å²) < 4.78 is 0. The van der Waals surface area contributed by atoms with Gasteiger partial charge in [0, 0.05) is 0 Å². The number of hydrogen-bond donors (Lipinski definition) is 0. The van der Waals surface area contributed by atoms with Crippen LogP contribution >= 0.6 is 0 Å². The van der Waals surface area contributed by atoms with E-state index in [0.29, 0.717) is 0 Å². The van der Waals surface area contributed by atoms with Gasteiger partial charge in [-0.05, 0) is 0 Å². The third-order valence-electron chi connectivity index (χ3n) is 1.19. The second kappa shape index (κ2) is 1.83. The molecule has 0 fully saturated rings. The van der Waals surface area contributed by atoms with Gasteiger partial charge < -0.3 is 0 Å². The molecule has 41 valence electrons. The number of nitriles is 1. The van der Waals surface area contributed by atoms with Crippen molar-refractivity contribution in [2.45, 2.75) is 12.5 Å². The summed E-state index contributed by atoms with van der Waals surface area (Å²) in [6, 6.07) is 2.10. The summed E-state index contributed by atoms with van der Waals surface area (Å²) in [7, 11) is 1.80. The van der Waals surface area contributed by atoms with E-state index >= 15 is 0 Å². The summed E-state index contributed by atoms with van der Waals surface area (Å²) in [5.74, 6) is 0. The van der Waals surface area contributed by atoms with Gasteiger partial charge in [0.2, 0.25) is 0 Å². The van der Waals surface area contributed by atoms with Gasteiger partial charge in [0.1, 0.15) is 0 Å². The quantitative estimate of drug-likeness (QED) is 0.422. The van der Waals surface area contributed by atoms with Crippen molar-refractivity contribution >= 4 is 6.21 Å². The Bertz CT molecular complexity index is 144. The Morgan fingerprint density at radius 1 is 2.00 bits per heavy atom. The summed E-state index contributed by atoms with van der Waals surface area (Å²) in [6.07, 6.45) is 2.53. The fourth-order valence-corrected chi connectivity index (χ4v) is 0.645. The molecule has 1 rings (SSSR count). The summed E-state index contributed by atoms with van der Waals surface area (Å²) in [4.78, 5) is 0. The summed E-state index contributed by atoms with van der Waals surface area (Å²) >= 11 is 0. The van der Waals surface area contributed by atoms with Crippen LogP contribution in [0.4, 0.5) is 0 Å². The third kappa shape index (κ3) is 0.648. The van der Waals surface area contributed by atoms with Gasteiger partial charge in [0.15, 0.2) is 11.1 Å². The van der Waals surface area contributed by atoms with Crippen molar-refractivity contribution < 1.29 is 0 Å². The molecule has 3 heteroatoms. The molecule has 1 heterocycles. The molecule has 0 aromatic carbocycles. The molecule has 0 aliphatic carbocycles. The first-order valence-electron chi connectivity index (χ1n) is 2.49. The highest BCUT2D eigenvalue weighted by Crippen LogP contribution is 1.98. The van der Waals surface area contributed by atoms with Crippen molar-refractivity contribution in [2.24, 2.45) is 0 Å². The smallest absolute Gasteiger partial charge is 0.196 e. The minimum absolute atomic E-state index is 0.0185. The second-order valence-corrected chi connectivity index (χ2v) is 1.75. The first-order valence-corrected chi connectivity index (χ1v) is 2.49. The molecule has 8 heavy (non-hydrogen) atoms. The van der Waals surface area contributed by atoms with Crippen LogP contribution in [0.3, 0.4) is 0 Å². The normalized spacial score (nSPS) is 26.0. The van der Waals surface area contributed by atoms with E-state index in [4.69, 9.17) is 5.26 Å². The summed E-state index contributed by atoms with van der Waals surface area (Å²) in [6.45, 7) is 0. The lowest BCUT2D eigenvalue weighted by atomic mass is 10.3. The SMILES string of the molecule is CN1[N+]=CCC1C#N. The van der Waals surface area contributed by atoms with Gasteiger partial charge in [-0.2, -0.15) is 5.26 Å². The molecule has 1 atom stereocenters. The topological polar surface area (TPSA) is 41.1 Å². The van der Waals surface area contributed by atoms with E-state index in [1.807, 2.05) is 0 Å². The maximum absolute atomic E-state index is 8.36. The Kier molecular flexibility index (Phi) is 1.17. The third-order valence-corrected chi connectivity index (χ3v) is 1.19. The molecule has 1 unspecified atom stereocenters. The van der Waals surface area contributed by atoms with Crippen molar-refractivity contribution in [2.75, 3.05) is 7.05 Å². The van der Waals surface area contributed by atoms with Crippen molar-refractivity contribution in [1.82, 2.24) is 10.1 Å². The van der Waals surface area contributed by atoms with Gasteiger partial charge >= 0.3 is 0 Å². The minimum Gasteiger partial charge on any atom is -0.196 e. The van der Waals surface area contributed by atoms with Crippen LogP contribution in [0.2, 0.25) is 0 Å². The summed E-state index contributed by atoms with van der Waals surface area (Å²) in [5.41, 5.74) is 0. The van der Waals surface area contributed by atoms with Gasteiger partial charge in [0.05, 0.1) is 19.5 Å². The number of hydrogen-bond acceptors (Lipinski definition) is 3. The fraction of sp³-hybridized carbons (Fsp3) is 0.600. The molecule has 0 saturated heterocycles. The molecule has 0 aromatic rings. The zero-order valence-corrected chi connectivity index (χ0v) is 4.70. The predicted molar refractivity (Wildman–Crippen MR) is 30.0 cm³/mol. The maximum atomic E-state index is 8.36. The Balaban J connectivity index is 2.54. The van der Waals surface area contributed by atoms with E-state index in [0.717, 1.165) is 6.42 Å². The Morgan fingerprint density at radius 2 is 2.75 bits per heavy atom. The zero-order valence-electron chi connectivity index (χ0n) is 4.70. The maximum Gasteiger partial charge on any atom is 0.255 e. The standard InChI is InChI=1S/C5H7N3/c1-8-5(4-6)2-3-7-8/h3,5H,2H2,1H3/q+1. The molecule has 0 spiro atoms. The largest absolute Gasteiger partial charge is 0.255 e. The van der Waals surface area contributed by atoms with Crippen molar-refractivity contribution in [3.63, 3.8) is 0 Å². The molecule has 1 radical (unpaired) electrons. The monoisotopic (exact) mass is 109 g/mol. The average molecular weight is 109 g/mol. The van der Waals surface area contributed by atoms with Crippen LogP contribution in [0, 0.1) is 11.3 Å². The van der Waals surface area contributed by atoms with Gasteiger partial charge in [-0.3, -0.25) is 0 Å². The Hall–Kier alpha value is -1.04. The van der Waals surface area contributed by atoms with Crippen LogP contribution in [0.25, 0.3) is 0 Å². The van der Waals surface area contributed by atoms with E-state index in [1.165, 1.54) is 0 Å². The molecule has 0 saturated carbocycles. The number of rotatable bonds is 0. The van der Waals surface area contributed by atoms with Crippen LogP contribution in [-0.2, 0) is 0 Å². The van der Waals surface area contributed by atoms with Crippen LogP contribution in [0.15, 0.2) is 0 Å². The van der Waals surface area contributed by atoms with Crippen LogP contribution in [0.5, 0.6) is 0 Å². The lowest BCUT2D eigenvalue weighted by molar-refractivity contribution is 0.294. The number of nitrogens with zero attached hydrogens (tertiary/aromatic N) is 3. The van der Waals surface area contributed by atoms with Crippen molar-refractivity contribution in [1.29, 1.82) is 5.26 Å².